The highest BCUT2D eigenvalue weighted by Crippen LogP contribution is 2.07. The Bertz CT molecular complexity index is 548. The number of aromatic nitrogens is 2. The first-order valence-corrected chi connectivity index (χ1v) is 7.58. The molecule has 1 heterocycles. The molecule has 0 aliphatic carbocycles. The number of nitriles is 1. The molecule has 7 nitrogen and oxygen atoms in total. The maximum Gasteiger partial charge on any atom is 0.215 e. The molecule has 0 aromatic carbocycles. The molecule has 0 bridgehead atoms. The molecule has 0 saturated carbocycles. The largest absolute Gasteiger partial charge is 0.367 e. The van der Waals surface area contributed by atoms with Gasteiger partial charge in [0.05, 0.1) is 5.75 Å². The topological polar surface area (TPSA) is 99.0 Å². The number of nitrogens with zero attached hydrogens (tertiary/aromatic N) is 4. The third-order valence-electron chi connectivity index (χ3n) is 2.56. The minimum absolute atomic E-state index is 0.0455. The lowest BCUT2D eigenvalue weighted by Gasteiger charge is -2.18. The first-order valence-electron chi connectivity index (χ1n) is 5.98. The standard InChI is InChI=1S/C11H17N5O2S/c1-3-16(4-2)19(17,18)8-7-15-11-10(9-12)13-5-6-14-11/h5-6H,3-4,7-8H2,1-2H3,(H,14,15). The molecule has 0 saturated heterocycles. The van der Waals surface area contributed by atoms with Crippen LogP contribution in [0.2, 0.25) is 0 Å². The smallest absolute Gasteiger partial charge is 0.215 e. The van der Waals surface area contributed by atoms with Crippen molar-refractivity contribution in [2.75, 3.05) is 30.7 Å². The molecule has 104 valence electrons. The van der Waals surface area contributed by atoms with Crippen molar-refractivity contribution in [3.8, 4) is 6.07 Å². The van der Waals surface area contributed by atoms with Gasteiger partial charge in [0, 0.05) is 32.0 Å². The summed E-state index contributed by atoms with van der Waals surface area (Å²) < 4.78 is 25.2. The molecule has 0 unspecified atom stereocenters. The molecule has 0 aliphatic rings. The number of rotatable bonds is 7. The van der Waals surface area contributed by atoms with Crippen molar-refractivity contribution in [2.45, 2.75) is 13.8 Å². The lowest BCUT2D eigenvalue weighted by Crippen LogP contribution is -2.34. The lowest BCUT2D eigenvalue weighted by molar-refractivity contribution is 0.446. The van der Waals surface area contributed by atoms with Crippen LogP contribution >= 0.6 is 0 Å². The van der Waals surface area contributed by atoms with Crippen molar-refractivity contribution in [3.05, 3.63) is 18.1 Å². The van der Waals surface area contributed by atoms with Crippen LogP contribution in [0.1, 0.15) is 19.5 Å². The molecule has 1 rings (SSSR count). The van der Waals surface area contributed by atoms with Crippen molar-refractivity contribution >= 4 is 15.8 Å². The zero-order valence-electron chi connectivity index (χ0n) is 11.0. The number of nitrogens with one attached hydrogen (secondary N) is 1. The van der Waals surface area contributed by atoms with Gasteiger partial charge in [0.15, 0.2) is 11.5 Å². The maximum atomic E-state index is 11.9. The Morgan fingerprint density at radius 2 is 1.95 bits per heavy atom. The van der Waals surface area contributed by atoms with E-state index in [1.54, 1.807) is 13.8 Å². The van der Waals surface area contributed by atoms with Crippen LogP contribution in [0, 0.1) is 11.3 Å². The summed E-state index contributed by atoms with van der Waals surface area (Å²) in [5, 5.41) is 11.6. The molecule has 0 aliphatic heterocycles. The third kappa shape index (κ3) is 4.15. The highest BCUT2D eigenvalue weighted by molar-refractivity contribution is 7.89. The van der Waals surface area contributed by atoms with Crippen LogP contribution in [0.25, 0.3) is 0 Å². The van der Waals surface area contributed by atoms with E-state index in [1.165, 1.54) is 16.7 Å². The van der Waals surface area contributed by atoms with Gasteiger partial charge in [0.2, 0.25) is 10.0 Å². The van der Waals surface area contributed by atoms with E-state index in [2.05, 4.69) is 15.3 Å². The Hall–Kier alpha value is -1.72. The molecule has 0 radical (unpaired) electrons. The van der Waals surface area contributed by atoms with Crippen molar-refractivity contribution in [2.24, 2.45) is 0 Å². The van der Waals surface area contributed by atoms with Gasteiger partial charge in [0.25, 0.3) is 0 Å². The fourth-order valence-corrected chi connectivity index (χ4v) is 3.00. The van der Waals surface area contributed by atoms with E-state index < -0.39 is 10.0 Å². The average molecular weight is 283 g/mol. The predicted octanol–water partition coefficient (Wildman–Crippen LogP) is 0.432. The molecule has 19 heavy (non-hydrogen) atoms. The summed E-state index contributed by atoms with van der Waals surface area (Å²) >= 11 is 0. The number of anilines is 1. The van der Waals surface area contributed by atoms with Crippen LogP contribution in [0.15, 0.2) is 12.4 Å². The third-order valence-corrected chi connectivity index (χ3v) is 4.58. The maximum absolute atomic E-state index is 11.9. The van der Waals surface area contributed by atoms with E-state index in [9.17, 15) is 8.42 Å². The van der Waals surface area contributed by atoms with Crippen LogP contribution in [-0.2, 0) is 10.0 Å². The van der Waals surface area contributed by atoms with Crippen LogP contribution < -0.4 is 5.32 Å². The molecule has 1 aromatic rings. The first-order chi connectivity index (χ1) is 9.05. The summed E-state index contributed by atoms with van der Waals surface area (Å²) in [7, 11) is -3.27. The van der Waals surface area contributed by atoms with Gasteiger partial charge in [0.1, 0.15) is 6.07 Å². The molecular formula is C11H17N5O2S. The summed E-state index contributed by atoms with van der Waals surface area (Å²) in [6.45, 7) is 4.68. The summed E-state index contributed by atoms with van der Waals surface area (Å²) in [6.07, 6.45) is 2.86. The Morgan fingerprint density at radius 3 is 2.53 bits per heavy atom. The minimum Gasteiger partial charge on any atom is -0.367 e. The summed E-state index contributed by atoms with van der Waals surface area (Å²) in [5.74, 6) is 0.260. The van der Waals surface area contributed by atoms with Gasteiger partial charge in [-0.05, 0) is 0 Å². The van der Waals surface area contributed by atoms with Gasteiger partial charge in [-0.25, -0.2) is 22.7 Å². The predicted molar refractivity (Wildman–Crippen MR) is 71.9 cm³/mol. The van der Waals surface area contributed by atoms with Crippen molar-refractivity contribution in [1.82, 2.24) is 14.3 Å². The van der Waals surface area contributed by atoms with Crippen LogP contribution in [0.4, 0.5) is 5.82 Å². The molecule has 1 N–H and O–H groups in total. The Labute approximate surface area is 113 Å². The lowest BCUT2D eigenvalue weighted by atomic mass is 10.4. The van der Waals surface area contributed by atoms with E-state index >= 15 is 0 Å². The highest BCUT2D eigenvalue weighted by Gasteiger charge is 2.18. The number of hydrogen-bond acceptors (Lipinski definition) is 6. The van der Waals surface area contributed by atoms with Gasteiger partial charge in [-0.15, -0.1) is 0 Å². The second-order valence-electron chi connectivity index (χ2n) is 3.69. The van der Waals surface area contributed by atoms with E-state index in [4.69, 9.17) is 5.26 Å². The van der Waals surface area contributed by atoms with Crippen molar-refractivity contribution in [3.63, 3.8) is 0 Å². The molecule has 0 atom stereocenters. The second-order valence-corrected chi connectivity index (χ2v) is 5.78. The molecule has 0 spiro atoms. The monoisotopic (exact) mass is 283 g/mol. The van der Waals surface area contributed by atoms with E-state index in [1.807, 2.05) is 6.07 Å². The minimum atomic E-state index is -3.27. The van der Waals surface area contributed by atoms with Gasteiger partial charge in [-0.1, -0.05) is 13.8 Å². The van der Waals surface area contributed by atoms with Crippen LogP contribution in [0.3, 0.4) is 0 Å². The average Bonchev–Trinajstić information content (AvgIpc) is 2.40. The van der Waals surface area contributed by atoms with Crippen molar-refractivity contribution in [1.29, 1.82) is 5.26 Å². The van der Waals surface area contributed by atoms with Crippen molar-refractivity contribution < 1.29 is 8.42 Å². The van der Waals surface area contributed by atoms with E-state index in [0.29, 0.717) is 18.9 Å². The van der Waals surface area contributed by atoms with E-state index in [-0.39, 0.29) is 18.0 Å². The summed E-state index contributed by atoms with van der Waals surface area (Å²) in [6, 6.07) is 1.89. The molecule has 8 heteroatoms. The van der Waals surface area contributed by atoms with Gasteiger partial charge in [-0.2, -0.15) is 5.26 Å². The fourth-order valence-electron chi connectivity index (χ4n) is 1.59. The molecule has 0 amide bonds. The Kier molecular flexibility index (Phi) is 5.66. The van der Waals surface area contributed by atoms with Gasteiger partial charge in [-0.3, -0.25) is 0 Å². The Morgan fingerprint density at radius 1 is 1.32 bits per heavy atom. The van der Waals surface area contributed by atoms with Crippen LogP contribution in [-0.4, -0.2) is 48.1 Å². The Balaban J connectivity index is 2.62. The molecular weight excluding hydrogens is 266 g/mol. The number of hydrogen-bond donors (Lipinski definition) is 1. The second kappa shape index (κ2) is 7.01. The summed E-state index contributed by atoms with van der Waals surface area (Å²) in [5.41, 5.74) is 0.155. The van der Waals surface area contributed by atoms with Crippen LogP contribution in [0.5, 0.6) is 0 Å². The quantitative estimate of drug-likeness (QED) is 0.779. The molecule has 1 aromatic heterocycles. The first kappa shape index (κ1) is 15.3. The zero-order valence-corrected chi connectivity index (χ0v) is 11.8. The van der Waals surface area contributed by atoms with E-state index in [0.717, 1.165) is 0 Å². The summed E-state index contributed by atoms with van der Waals surface area (Å²) in [4.78, 5) is 7.78. The normalized spacial score (nSPS) is 11.3. The molecule has 0 fully saturated rings. The van der Waals surface area contributed by atoms with Gasteiger partial charge < -0.3 is 5.32 Å². The highest BCUT2D eigenvalue weighted by atomic mass is 32.2. The number of sulfonamides is 1. The zero-order chi connectivity index (χ0) is 14.3. The fraction of sp³-hybridized carbons (Fsp3) is 0.545. The van der Waals surface area contributed by atoms with Gasteiger partial charge >= 0.3 is 0 Å². The SMILES string of the molecule is CCN(CC)S(=O)(=O)CCNc1nccnc1C#N.